The van der Waals surface area contributed by atoms with Crippen molar-refractivity contribution in [2.75, 3.05) is 42.1 Å². The molecule has 0 spiro atoms. The fourth-order valence-electron chi connectivity index (χ4n) is 4.13. The number of amides is 1. The van der Waals surface area contributed by atoms with Crippen molar-refractivity contribution < 1.29 is 28.8 Å². The summed E-state index contributed by atoms with van der Waals surface area (Å²) in [6, 6.07) is 6.34. The molecule has 0 radical (unpaired) electrons. The van der Waals surface area contributed by atoms with Gasteiger partial charge in [0.25, 0.3) is 0 Å². The maximum Gasteiger partial charge on any atom is 0.248 e. The quantitative estimate of drug-likeness (QED) is 0.752. The highest BCUT2D eigenvalue weighted by Crippen LogP contribution is 2.50. The van der Waals surface area contributed by atoms with Crippen molar-refractivity contribution in [2.45, 2.75) is 18.9 Å². The summed E-state index contributed by atoms with van der Waals surface area (Å²) in [5, 5.41) is 9.41. The normalized spacial score (nSPS) is 14.6. The number of aryl methyl sites for hydroxylation is 1. The third-order valence-corrected chi connectivity index (χ3v) is 5.69. The maximum atomic E-state index is 12.8. The fourth-order valence-corrected chi connectivity index (χ4v) is 4.13. The summed E-state index contributed by atoms with van der Waals surface area (Å²) in [7, 11) is 7.69. The molecule has 2 aromatic rings. The van der Waals surface area contributed by atoms with E-state index < -0.39 is 18.6 Å². The topological polar surface area (TPSA) is 94.5 Å². The highest BCUT2D eigenvalue weighted by molar-refractivity contribution is 5.84. The number of rotatable bonds is 6. The summed E-state index contributed by atoms with van der Waals surface area (Å²) in [5.41, 5.74) is 2.75. The zero-order chi connectivity index (χ0) is 22.7. The number of aliphatic hydroxyl groups excluding tert-OH is 1. The first-order valence-electron chi connectivity index (χ1n) is 9.82. The van der Waals surface area contributed by atoms with Gasteiger partial charge in [0.1, 0.15) is 6.61 Å². The highest BCUT2D eigenvalue weighted by atomic mass is 16.5. The van der Waals surface area contributed by atoms with Gasteiger partial charge in [0.15, 0.2) is 17.2 Å². The molecule has 3 rings (SSSR count). The van der Waals surface area contributed by atoms with Gasteiger partial charge < -0.3 is 29.0 Å². The lowest BCUT2D eigenvalue weighted by molar-refractivity contribution is -0.135. The van der Waals surface area contributed by atoms with Gasteiger partial charge in [-0.2, -0.15) is 0 Å². The Hall–Kier alpha value is -3.26. The maximum absolute atomic E-state index is 12.8. The molecule has 0 bridgehead atoms. The largest absolute Gasteiger partial charge is 0.493 e. The Morgan fingerprint density at radius 2 is 1.71 bits per heavy atom. The Morgan fingerprint density at radius 1 is 1.03 bits per heavy atom. The van der Waals surface area contributed by atoms with Gasteiger partial charge in [0, 0.05) is 12.6 Å². The van der Waals surface area contributed by atoms with Gasteiger partial charge in [-0.05, 0) is 47.7 Å². The third-order valence-electron chi connectivity index (χ3n) is 5.69. The number of aliphatic hydroxyl groups is 1. The van der Waals surface area contributed by atoms with Gasteiger partial charge in [-0.25, -0.2) is 0 Å². The summed E-state index contributed by atoms with van der Waals surface area (Å²) in [6.45, 7) is -0.618. The van der Waals surface area contributed by atoms with Crippen molar-refractivity contribution in [3.63, 3.8) is 0 Å². The lowest BCUT2D eigenvalue weighted by Gasteiger charge is -2.27. The van der Waals surface area contributed by atoms with Crippen LogP contribution in [0.3, 0.4) is 0 Å². The zero-order valence-corrected chi connectivity index (χ0v) is 18.4. The minimum atomic E-state index is -0.618. The van der Waals surface area contributed by atoms with Gasteiger partial charge in [0.2, 0.25) is 17.1 Å². The average molecular weight is 429 g/mol. The number of carbonyl (C=O) groups is 1. The molecule has 0 aliphatic heterocycles. The predicted octanol–water partition coefficient (Wildman–Crippen LogP) is 2.19. The molecule has 1 unspecified atom stereocenters. The van der Waals surface area contributed by atoms with Gasteiger partial charge in [-0.1, -0.05) is 6.07 Å². The van der Waals surface area contributed by atoms with E-state index in [-0.39, 0.29) is 11.2 Å². The molecule has 0 fully saturated rings. The minimum Gasteiger partial charge on any atom is -0.493 e. The Kier molecular flexibility index (Phi) is 6.70. The molecule has 0 aromatic heterocycles. The van der Waals surface area contributed by atoms with Gasteiger partial charge >= 0.3 is 0 Å². The summed E-state index contributed by atoms with van der Waals surface area (Å²) in [4.78, 5) is 26.6. The highest BCUT2D eigenvalue weighted by Gasteiger charge is 2.31. The number of benzene rings is 1. The van der Waals surface area contributed by atoms with Crippen LogP contribution in [0.15, 0.2) is 29.1 Å². The molecule has 8 heteroatoms. The van der Waals surface area contributed by atoms with Crippen molar-refractivity contribution in [3.05, 3.63) is 45.6 Å². The number of fused-ring (bicyclic) bond motifs is 3. The van der Waals surface area contributed by atoms with Crippen molar-refractivity contribution in [1.82, 2.24) is 4.90 Å². The predicted molar refractivity (Wildman–Crippen MR) is 115 cm³/mol. The van der Waals surface area contributed by atoms with E-state index in [9.17, 15) is 14.7 Å². The van der Waals surface area contributed by atoms with Crippen LogP contribution in [0.5, 0.6) is 23.0 Å². The number of nitrogens with zero attached hydrogens (tertiary/aromatic N) is 1. The van der Waals surface area contributed by atoms with E-state index in [0.717, 1.165) is 11.1 Å². The molecular formula is C23H27NO7. The standard InChI is InChI=1S/C23H27NO7/c1-24(20(27)12-25)16-8-6-13-10-19(29-3)22(30-4)23(31-5)21(13)14-7-9-18(28-2)17(26)11-15(14)16/h7,9-11,16,25H,6,8,12H2,1-5H3. The molecule has 1 aliphatic rings. The number of ether oxygens (including phenoxy) is 4. The first kappa shape index (κ1) is 22.4. The van der Waals surface area contributed by atoms with E-state index >= 15 is 0 Å². The fraction of sp³-hybridized carbons (Fsp3) is 0.391. The van der Waals surface area contributed by atoms with Crippen molar-refractivity contribution in [1.29, 1.82) is 0 Å². The molecule has 1 atom stereocenters. The van der Waals surface area contributed by atoms with E-state index in [4.69, 9.17) is 18.9 Å². The van der Waals surface area contributed by atoms with Crippen LogP contribution in [0, 0.1) is 0 Å². The third kappa shape index (κ3) is 3.90. The second kappa shape index (κ2) is 9.26. The molecule has 1 N–H and O–H groups in total. The summed E-state index contributed by atoms with van der Waals surface area (Å²) in [6.07, 6.45) is 1.12. The first-order valence-corrected chi connectivity index (χ1v) is 9.82. The van der Waals surface area contributed by atoms with Crippen LogP contribution in [-0.4, -0.2) is 58.0 Å². The van der Waals surface area contributed by atoms with Gasteiger partial charge in [-0.3, -0.25) is 9.59 Å². The van der Waals surface area contributed by atoms with Crippen LogP contribution >= 0.6 is 0 Å². The molecule has 0 saturated heterocycles. The first-order chi connectivity index (χ1) is 14.9. The molecule has 1 amide bonds. The monoisotopic (exact) mass is 429 g/mol. The van der Waals surface area contributed by atoms with Gasteiger partial charge in [-0.15, -0.1) is 0 Å². The Morgan fingerprint density at radius 3 is 2.29 bits per heavy atom. The second-order valence-corrected chi connectivity index (χ2v) is 7.18. The van der Waals surface area contributed by atoms with Gasteiger partial charge in [0.05, 0.1) is 34.5 Å². The molecule has 0 saturated carbocycles. The van der Waals surface area contributed by atoms with Crippen LogP contribution in [0.4, 0.5) is 0 Å². The number of likely N-dealkylation sites (N-methyl/N-ethyl adjacent to an activating group) is 1. The molecule has 8 nitrogen and oxygen atoms in total. The smallest absolute Gasteiger partial charge is 0.248 e. The number of hydrogen-bond acceptors (Lipinski definition) is 7. The minimum absolute atomic E-state index is 0.184. The van der Waals surface area contributed by atoms with Crippen molar-refractivity contribution in [2.24, 2.45) is 0 Å². The van der Waals surface area contributed by atoms with E-state index in [2.05, 4.69) is 0 Å². The lowest BCUT2D eigenvalue weighted by Crippen LogP contribution is -2.33. The number of hydrogen-bond donors (Lipinski definition) is 1. The number of carbonyl (C=O) groups excluding carboxylic acids is 1. The molecular weight excluding hydrogens is 402 g/mol. The van der Waals surface area contributed by atoms with Crippen LogP contribution in [-0.2, 0) is 11.2 Å². The summed E-state index contributed by atoms with van der Waals surface area (Å²) >= 11 is 0. The molecule has 0 heterocycles. The Balaban J connectivity index is 2.42. The van der Waals surface area contributed by atoms with Crippen LogP contribution in [0.25, 0.3) is 11.1 Å². The van der Waals surface area contributed by atoms with E-state index in [1.165, 1.54) is 25.2 Å². The second-order valence-electron chi connectivity index (χ2n) is 7.18. The zero-order valence-electron chi connectivity index (χ0n) is 18.4. The average Bonchev–Trinajstić information content (AvgIpc) is 3.04. The van der Waals surface area contributed by atoms with Crippen LogP contribution < -0.4 is 24.4 Å². The summed E-state index contributed by atoms with van der Waals surface area (Å²) < 4.78 is 22.0. The van der Waals surface area contributed by atoms with E-state index in [0.29, 0.717) is 41.2 Å². The SMILES string of the molecule is COc1cc2c(c(OC)c1OC)-c1ccc(OC)c(=O)cc1C(N(C)C(=O)CO)CC2. The Labute approximate surface area is 180 Å². The van der Waals surface area contributed by atoms with Crippen molar-refractivity contribution in [3.8, 4) is 34.1 Å². The van der Waals surface area contributed by atoms with Crippen molar-refractivity contribution >= 4 is 5.91 Å². The molecule has 166 valence electrons. The van der Waals surface area contributed by atoms with E-state index in [1.807, 2.05) is 6.07 Å². The van der Waals surface area contributed by atoms with Crippen LogP contribution in [0.2, 0.25) is 0 Å². The van der Waals surface area contributed by atoms with Crippen LogP contribution in [0.1, 0.15) is 23.6 Å². The lowest BCUT2D eigenvalue weighted by atomic mass is 9.95. The molecule has 1 aliphatic carbocycles. The molecule has 31 heavy (non-hydrogen) atoms. The van der Waals surface area contributed by atoms with E-state index in [1.54, 1.807) is 33.4 Å². The Bertz CT molecular complexity index is 1050. The number of methoxy groups -OCH3 is 4. The molecule has 2 aromatic carbocycles. The summed E-state index contributed by atoms with van der Waals surface area (Å²) in [5.74, 6) is 1.19.